The summed E-state index contributed by atoms with van der Waals surface area (Å²) in [5.74, 6) is 2.84. The third-order valence-electron chi connectivity index (χ3n) is 4.82. The normalized spacial score (nSPS) is 39.7. The van der Waals surface area contributed by atoms with E-state index in [4.69, 9.17) is 0 Å². The second-order valence-corrected chi connectivity index (χ2v) is 5.78. The lowest BCUT2D eigenvalue weighted by Crippen LogP contribution is -2.47. The van der Waals surface area contributed by atoms with Gasteiger partial charge in [0.1, 0.15) is 0 Å². The third kappa shape index (κ3) is 2.05. The Hall–Kier alpha value is -0.340. The van der Waals surface area contributed by atoms with Gasteiger partial charge in [0.05, 0.1) is 0 Å². The maximum atomic E-state index is 2.70. The lowest BCUT2D eigenvalue weighted by Gasteiger charge is -2.36. The zero-order valence-corrected chi connectivity index (χ0v) is 10.4. The minimum absolute atomic E-state index is 0.925. The average molecular weight is 220 g/mol. The predicted octanol–water partition coefficient (Wildman–Crippen LogP) is 1.84. The summed E-state index contributed by atoms with van der Waals surface area (Å²) < 4.78 is 0. The number of hydrogen-bond donors (Lipinski definition) is 0. The standard InChI is InChI=1S/C14H24N2/c1-2-15-5-7-16(8-6-15)11-14-10-12-3-4-13(14)9-12/h3-4,12-14H,2,5-11H2,1H3/t12-,13-,14+/m1/s1. The van der Waals surface area contributed by atoms with Crippen LogP contribution in [0.3, 0.4) is 0 Å². The molecule has 2 heteroatoms. The van der Waals surface area contributed by atoms with Gasteiger partial charge in [-0.3, -0.25) is 0 Å². The first-order valence-electron chi connectivity index (χ1n) is 6.98. The molecule has 90 valence electrons. The van der Waals surface area contributed by atoms with Gasteiger partial charge in [0.25, 0.3) is 0 Å². The fraction of sp³-hybridized carbons (Fsp3) is 0.857. The fourth-order valence-electron chi connectivity index (χ4n) is 3.72. The van der Waals surface area contributed by atoms with Crippen molar-refractivity contribution in [3.05, 3.63) is 12.2 Å². The van der Waals surface area contributed by atoms with E-state index in [0.29, 0.717) is 0 Å². The highest BCUT2D eigenvalue weighted by Gasteiger charge is 2.36. The van der Waals surface area contributed by atoms with Gasteiger partial charge in [-0.1, -0.05) is 19.1 Å². The summed E-state index contributed by atoms with van der Waals surface area (Å²) in [5, 5.41) is 0. The van der Waals surface area contributed by atoms with Crippen LogP contribution in [0.5, 0.6) is 0 Å². The van der Waals surface area contributed by atoms with Crippen molar-refractivity contribution in [1.29, 1.82) is 0 Å². The quantitative estimate of drug-likeness (QED) is 0.670. The molecule has 16 heavy (non-hydrogen) atoms. The molecule has 0 aromatic heterocycles. The molecule has 1 heterocycles. The van der Waals surface area contributed by atoms with Crippen LogP contribution in [0.15, 0.2) is 12.2 Å². The zero-order chi connectivity index (χ0) is 11.0. The highest BCUT2D eigenvalue weighted by molar-refractivity contribution is 5.10. The predicted molar refractivity (Wildman–Crippen MR) is 67.4 cm³/mol. The summed E-state index contributed by atoms with van der Waals surface area (Å²) in [6, 6.07) is 0. The molecule has 0 unspecified atom stereocenters. The highest BCUT2D eigenvalue weighted by Crippen LogP contribution is 2.43. The topological polar surface area (TPSA) is 6.48 Å². The molecule has 2 nitrogen and oxygen atoms in total. The molecule has 3 atom stereocenters. The monoisotopic (exact) mass is 220 g/mol. The van der Waals surface area contributed by atoms with E-state index in [0.717, 1.165) is 17.8 Å². The van der Waals surface area contributed by atoms with Crippen molar-refractivity contribution in [2.24, 2.45) is 17.8 Å². The van der Waals surface area contributed by atoms with E-state index < -0.39 is 0 Å². The van der Waals surface area contributed by atoms with Crippen molar-refractivity contribution < 1.29 is 0 Å². The zero-order valence-electron chi connectivity index (χ0n) is 10.4. The molecule has 3 rings (SSSR count). The van der Waals surface area contributed by atoms with Gasteiger partial charge in [-0.05, 0) is 37.1 Å². The Morgan fingerprint density at radius 3 is 2.31 bits per heavy atom. The van der Waals surface area contributed by atoms with Gasteiger partial charge in [0.15, 0.2) is 0 Å². The molecular formula is C14H24N2. The summed E-state index contributed by atoms with van der Waals surface area (Å²) in [6.45, 7) is 10.0. The number of nitrogens with zero attached hydrogens (tertiary/aromatic N) is 2. The van der Waals surface area contributed by atoms with Crippen LogP contribution in [-0.4, -0.2) is 49.1 Å². The SMILES string of the molecule is CCN1CCN(C[C@@H]2C[C@@H]3C=C[C@@H]2C3)CC1. The van der Waals surface area contributed by atoms with E-state index in [1.807, 2.05) is 0 Å². The average Bonchev–Trinajstić information content (AvgIpc) is 2.92. The molecule has 2 fully saturated rings. The minimum atomic E-state index is 0.925. The second-order valence-electron chi connectivity index (χ2n) is 5.78. The van der Waals surface area contributed by atoms with Gasteiger partial charge >= 0.3 is 0 Å². The first-order valence-corrected chi connectivity index (χ1v) is 6.98. The molecule has 0 aromatic carbocycles. The molecule has 1 aliphatic heterocycles. The Balaban J connectivity index is 1.48. The van der Waals surface area contributed by atoms with Crippen LogP contribution < -0.4 is 0 Å². The number of fused-ring (bicyclic) bond motifs is 2. The summed E-state index contributed by atoms with van der Waals surface area (Å²) in [7, 11) is 0. The minimum Gasteiger partial charge on any atom is -0.301 e. The van der Waals surface area contributed by atoms with Gasteiger partial charge in [-0.15, -0.1) is 0 Å². The second kappa shape index (κ2) is 4.50. The van der Waals surface area contributed by atoms with Crippen molar-refractivity contribution in [2.75, 3.05) is 39.3 Å². The molecule has 3 aliphatic rings. The summed E-state index contributed by atoms with van der Waals surface area (Å²) in [5.41, 5.74) is 0. The molecule has 1 saturated heterocycles. The Bertz CT molecular complexity index is 266. The number of likely N-dealkylation sites (N-methyl/N-ethyl adjacent to an activating group) is 1. The molecule has 2 aliphatic carbocycles. The van der Waals surface area contributed by atoms with Crippen LogP contribution in [-0.2, 0) is 0 Å². The third-order valence-corrected chi connectivity index (χ3v) is 4.82. The van der Waals surface area contributed by atoms with Crippen LogP contribution in [0.25, 0.3) is 0 Å². The van der Waals surface area contributed by atoms with E-state index in [2.05, 4.69) is 28.9 Å². The van der Waals surface area contributed by atoms with Crippen LogP contribution in [0.2, 0.25) is 0 Å². The molecule has 0 spiro atoms. The van der Waals surface area contributed by atoms with Crippen LogP contribution >= 0.6 is 0 Å². The van der Waals surface area contributed by atoms with Gasteiger partial charge in [-0.25, -0.2) is 0 Å². The number of piperazine rings is 1. The molecule has 2 bridgehead atoms. The van der Waals surface area contributed by atoms with E-state index in [1.54, 1.807) is 0 Å². The Kier molecular flexibility index (Phi) is 3.03. The Labute approximate surface area is 99.3 Å². The molecule has 1 saturated carbocycles. The van der Waals surface area contributed by atoms with Gasteiger partial charge in [0, 0.05) is 32.7 Å². The summed E-state index contributed by atoms with van der Waals surface area (Å²) in [6.07, 6.45) is 7.87. The fourth-order valence-corrected chi connectivity index (χ4v) is 3.72. The van der Waals surface area contributed by atoms with Gasteiger partial charge < -0.3 is 9.80 Å². The van der Waals surface area contributed by atoms with Crippen molar-refractivity contribution >= 4 is 0 Å². The lowest BCUT2D eigenvalue weighted by molar-refractivity contribution is 0.117. The Morgan fingerprint density at radius 2 is 1.75 bits per heavy atom. The van der Waals surface area contributed by atoms with E-state index in [1.165, 1.54) is 52.1 Å². The van der Waals surface area contributed by atoms with Crippen molar-refractivity contribution in [1.82, 2.24) is 9.80 Å². The van der Waals surface area contributed by atoms with Gasteiger partial charge in [0.2, 0.25) is 0 Å². The van der Waals surface area contributed by atoms with Crippen molar-refractivity contribution in [3.8, 4) is 0 Å². The number of allylic oxidation sites excluding steroid dienone is 2. The lowest BCUT2D eigenvalue weighted by atomic mass is 9.93. The van der Waals surface area contributed by atoms with Crippen molar-refractivity contribution in [3.63, 3.8) is 0 Å². The first kappa shape index (κ1) is 10.8. The maximum Gasteiger partial charge on any atom is 0.0110 e. The molecule has 0 N–H and O–H groups in total. The van der Waals surface area contributed by atoms with Crippen molar-refractivity contribution in [2.45, 2.75) is 19.8 Å². The van der Waals surface area contributed by atoms with Crippen LogP contribution in [0, 0.1) is 17.8 Å². The largest absolute Gasteiger partial charge is 0.301 e. The van der Waals surface area contributed by atoms with E-state index in [-0.39, 0.29) is 0 Å². The first-order chi connectivity index (χ1) is 7.85. The van der Waals surface area contributed by atoms with Gasteiger partial charge in [-0.2, -0.15) is 0 Å². The number of hydrogen-bond acceptors (Lipinski definition) is 2. The number of rotatable bonds is 3. The summed E-state index contributed by atoms with van der Waals surface area (Å²) >= 11 is 0. The smallest absolute Gasteiger partial charge is 0.0110 e. The van der Waals surface area contributed by atoms with Crippen LogP contribution in [0.4, 0.5) is 0 Å². The molecule has 0 amide bonds. The van der Waals surface area contributed by atoms with Crippen LogP contribution in [0.1, 0.15) is 19.8 Å². The van der Waals surface area contributed by atoms with E-state index in [9.17, 15) is 0 Å². The molecule has 0 aromatic rings. The highest BCUT2D eigenvalue weighted by atomic mass is 15.3. The maximum absolute atomic E-state index is 2.70. The molecule has 0 radical (unpaired) electrons. The molecular weight excluding hydrogens is 196 g/mol. The van der Waals surface area contributed by atoms with E-state index >= 15 is 0 Å². The summed E-state index contributed by atoms with van der Waals surface area (Å²) in [4.78, 5) is 5.27. The Morgan fingerprint density at radius 1 is 1.00 bits per heavy atom.